The van der Waals surface area contributed by atoms with E-state index in [1.807, 2.05) is 12.1 Å². The minimum atomic E-state index is -0.415. The molecule has 31 heavy (non-hydrogen) atoms. The second kappa shape index (κ2) is 7.40. The van der Waals surface area contributed by atoms with Gasteiger partial charge in [0.05, 0.1) is 23.8 Å². The summed E-state index contributed by atoms with van der Waals surface area (Å²) in [5.74, 6) is -0.391. The third-order valence-corrected chi connectivity index (χ3v) is 11.5. The average molecular weight is 617 g/mol. The number of halogens is 3. The van der Waals surface area contributed by atoms with Gasteiger partial charge in [-0.1, -0.05) is 54.7 Å². The normalized spacial score (nSPS) is 36.2. The number of amides is 1. The number of ether oxygens (including phenoxy) is 1. The maximum Gasteiger partial charge on any atom is 0.335 e. The molecule has 3 heterocycles. The van der Waals surface area contributed by atoms with E-state index in [0.29, 0.717) is 12.0 Å². The van der Waals surface area contributed by atoms with Gasteiger partial charge in [-0.15, -0.1) is 0 Å². The molecule has 1 aromatic carbocycles. The number of benzene rings is 1. The van der Waals surface area contributed by atoms with Gasteiger partial charge in [0, 0.05) is 44.7 Å². The number of piperidine rings is 1. The zero-order valence-electron chi connectivity index (χ0n) is 17.8. The molecule has 1 spiro atoms. The largest absolute Gasteiger partial charge is 0.466 e. The number of hydrogen-bond donors (Lipinski definition) is 0. The summed E-state index contributed by atoms with van der Waals surface area (Å²) in [4.78, 5) is 31.1. The number of nitrogens with zero attached hydrogens (tertiary/aromatic N) is 2. The maximum absolute atomic E-state index is 13.2. The van der Waals surface area contributed by atoms with Crippen molar-refractivity contribution in [2.75, 3.05) is 25.1 Å². The molecule has 2 fully saturated rings. The summed E-state index contributed by atoms with van der Waals surface area (Å²) in [5, 5.41) is 0. The molecule has 166 valence electrons. The van der Waals surface area contributed by atoms with Crippen molar-refractivity contribution in [3.8, 4) is 0 Å². The van der Waals surface area contributed by atoms with Crippen molar-refractivity contribution in [1.29, 1.82) is 0 Å². The Morgan fingerprint density at radius 2 is 2.03 bits per heavy atom. The number of hydrogen-bond acceptors (Lipinski definition) is 4. The lowest BCUT2D eigenvalue weighted by Gasteiger charge is -2.59. The first kappa shape index (κ1) is 22.1. The van der Waals surface area contributed by atoms with Crippen molar-refractivity contribution in [1.82, 2.24) is 4.90 Å². The molecule has 5 rings (SSSR count). The predicted octanol–water partition coefficient (Wildman–Crippen LogP) is 4.90. The van der Waals surface area contributed by atoms with Crippen LogP contribution in [0.2, 0.25) is 0 Å². The van der Waals surface area contributed by atoms with Crippen LogP contribution >= 0.6 is 47.8 Å². The molecule has 5 atom stereocenters. The molecule has 0 bridgehead atoms. The van der Waals surface area contributed by atoms with Crippen molar-refractivity contribution in [2.45, 2.75) is 54.2 Å². The van der Waals surface area contributed by atoms with Crippen molar-refractivity contribution in [3.63, 3.8) is 0 Å². The van der Waals surface area contributed by atoms with E-state index < -0.39 is 5.41 Å². The Morgan fingerprint density at radius 1 is 1.29 bits per heavy atom. The van der Waals surface area contributed by atoms with Gasteiger partial charge in [0.1, 0.15) is 0 Å². The van der Waals surface area contributed by atoms with Crippen molar-refractivity contribution in [2.24, 2.45) is 5.41 Å². The monoisotopic (exact) mass is 614 g/mol. The highest BCUT2D eigenvalue weighted by atomic mass is 79.9. The van der Waals surface area contributed by atoms with E-state index in [9.17, 15) is 9.59 Å². The number of carbonyl (C=O) groups is 2. The highest BCUT2D eigenvalue weighted by Crippen LogP contribution is 2.68. The summed E-state index contributed by atoms with van der Waals surface area (Å²) in [5.41, 5.74) is 2.96. The fourth-order valence-corrected chi connectivity index (χ4v) is 9.12. The van der Waals surface area contributed by atoms with Gasteiger partial charge in [-0.2, -0.15) is 0 Å². The van der Waals surface area contributed by atoms with Crippen LogP contribution in [0.3, 0.4) is 0 Å². The van der Waals surface area contributed by atoms with Crippen molar-refractivity contribution < 1.29 is 14.3 Å². The van der Waals surface area contributed by atoms with Crippen LogP contribution in [0.1, 0.15) is 38.7 Å². The lowest BCUT2D eigenvalue weighted by molar-refractivity contribution is -0.137. The first-order valence-corrected chi connectivity index (χ1v) is 13.3. The van der Waals surface area contributed by atoms with Gasteiger partial charge in [-0.3, -0.25) is 14.6 Å². The summed E-state index contributed by atoms with van der Waals surface area (Å²) < 4.78 is 6.29. The number of rotatable bonds is 2. The van der Waals surface area contributed by atoms with Gasteiger partial charge in [0.2, 0.25) is 5.91 Å². The molecule has 0 aromatic heterocycles. The Kier molecular flexibility index (Phi) is 5.28. The fraction of sp³-hybridized carbons (Fsp3) is 0.565. The molecular formula is C23H25Br3N2O3. The van der Waals surface area contributed by atoms with Crippen LogP contribution in [0.25, 0.3) is 0 Å². The summed E-state index contributed by atoms with van der Waals surface area (Å²) in [6.07, 6.45) is 2.39. The highest BCUT2D eigenvalue weighted by Gasteiger charge is 2.70. The van der Waals surface area contributed by atoms with E-state index in [1.165, 1.54) is 7.11 Å². The zero-order chi connectivity index (χ0) is 22.3. The second-order valence-electron chi connectivity index (χ2n) is 9.13. The fourth-order valence-electron chi connectivity index (χ4n) is 6.96. The zero-order valence-corrected chi connectivity index (χ0v) is 22.5. The third kappa shape index (κ3) is 2.68. The topological polar surface area (TPSA) is 49.9 Å². The molecule has 1 aromatic rings. The minimum absolute atomic E-state index is 0.0659. The molecule has 3 aliphatic heterocycles. The number of methoxy groups -OCH3 is 1. The van der Waals surface area contributed by atoms with Gasteiger partial charge >= 0.3 is 5.97 Å². The molecule has 4 aliphatic rings. The average Bonchev–Trinajstić information content (AvgIpc) is 3.27. The number of anilines is 1. The molecule has 1 aliphatic carbocycles. The smallest absolute Gasteiger partial charge is 0.335 e. The molecule has 0 unspecified atom stereocenters. The summed E-state index contributed by atoms with van der Waals surface area (Å²) >= 11 is 11.6. The lowest BCUT2D eigenvalue weighted by atomic mass is 9.53. The van der Waals surface area contributed by atoms with E-state index in [1.54, 1.807) is 11.8 Å². The summed E-state index contributed by atoms with van der Waals surface area (Å²) in [6, 6.07) is 6.34. The number of alkyl halides is 2. The Balaban J connectivity index is 1.90. The van der Waals surface area contributed by atoms with Gasteiger partial charge in [-0.05, 0) is 49.6 Å². The lowest BCUT2D eigenvalue weighted by Crippen LogP contribution is -2.67. The van der Waals surface area contributed by atoms with E-state index in [-0.39, 0.29) is 33.0 Å². The van der Waals surface area contributed by atoms with Crippen LogP contribution in [-0.4, -0.2) is 52.7 Å². The van der Waals surface area contributed by atoms with Gasteiger partial charge < -0.3 is 4.74 Å². The molecule has 0 N–H and O–H groups in total. The SMILES string of the molecule is CC[C@@]12CC(C(=O)OC)=C3N(C(C)=O)c4ccc(Br)cc4[C@@]34CCN(C[C@H](Br)[C@H]1Br)[C@@H]24. The molecule has 0 radical (unpaired) electrons. The first-order chi connectivity index (χ1) is 14.7. The summed E-state index contributed by atoms with van der Waals surface area (Å²) in [7, 11) is 1.44. The molecular weight excluding hydrogens is 592 g/mol. The van der Waals surface area contributed by atoms with Crippen molar-refractivity contribution in [3.05, 3.63) is 39.5 Å². The molecule has 5 nitrogen and oxygen atoms in total. The van der Waals surface area contributed by atoms with Crippen LogP contribution < -0.4 is 4.90 Å². The second-order valence-corrected chi connectivity index (χ2v) is 12.2. The summed E-state index contributed by atoms with van der Waals surface area (Å²) in [6.45, 7) is 5.69. The third-order valence-electron chi connectivity index (χ3n) is 7.97. The predicted molar refractivity (Wildman–Crippen MR) is 131 cm³/mol. The van der Waals surface area contributed by atoms with E-state index in [4.69, 9.17) is 4.74 Å². The molecule has 2 saturated heterocycles. The Hall–Kier alpha value is -0.700. The van der Waals surface area contributed by atoms with Gasteiger partial charge in [0.25, 0.3) is 0 Å². The van der Waals surface area contributed by atoms with Crippen LogP contribution in [0.4, 0.5) is 5.69 Å². The molecule has 1 amide bonds. The standard InChI is InChI=1S/C23H25Br3N2O3/c1-4-22-10-14(20(30)31-3)19-23(7-8-27(21(22)23)11-16(25)18(22)26)15-9-13(24)5-6-17(15)28(19)12(2)29/h5-6,9,16,18,21H,4,7-8,10-11H2,1-3H3/t16-,18+,21-,22+,23-/m0/s1. The maximum atomic E-state index is 13.2. The molecule has 0 saturated carbocycles. The minimum Gasteiger partial charge on any atom is -0.466 e. The van der Waals surface area contributed by atoms with Crippen LogP contribution in [0.15, 0.2) is 33.9 Å². The van der Waals surface area contributed by atoms with E-state index >= 15 is 0 Å². The number of carbonyl (C=O) groups excluding carboxylic acids is 2. The highest BCUT2D eigenvalue weighted by molar-refractivity contribution is 9.12. The molecule has 8 heteroatoms. The first-order valence-electron chi connectivity index (χ1n) is 10.7. The van der Waals surface area contributed by atoms with Crippen LogP contribution in [0.5, 0.6) is 0 Å². The van der Waals surface area contributed by atoms with E-state index in [2.05, 4.69) is 65.7 Å². The Bertz CT molecular complexity index is 1030. The van der Waals surface area contributed by atoms with Gasteiger partial charge in [0.15, 0.2) is 0 Å². The number of fused-ring (bicyclic) bond motifs is 1. The Labute approximate surface area is 207 Å². The number of esters is 1. The van der Waals surface area contributed by atoms with Crippen LogP contribution in [-0.2, 0) is 19.7 Å². The van der Waals surface area contributed by atoms with Gasteiger partial charge in [-0.25, -0.2) is 4.79 Å². The Morgan fingerprint density at radius 3 is 2.68 bits per heavy atom. The van der Waals surface area contributed by atoms with E-state index in [0.717, 1.165) is 47.4 Å². The van der Waals surface area contributed by atoms with Crippen LogP contribution in [0, 0.1) is 5.41 Å². The quantitative estimate of drug-likeness (QED) is 0.351. The van der Waals surface area contributed by atoms with Crippen molar-refractivity contribution >= 4 is 65.4 Å².